The van der Waals surface area contributed by atoms with Crippen LogP contribution < -0.4 is 5.32 Å². The number of esters is 1. The Balaban J connectivity index is 1.95. The third-order valence-corrected chi connectivity index (χ3v) is 4.12. The summed E-state index contributed by atoms with van der Waals surface area (Å²) in [6.07, 6.45) is 1.63. The second-order valence-electron chi connectivity index (χ2n) is 5.70. The molecule has 2 rings (SSSR count). The van der Waals surface area contributed by atoms with Crippen molar-refractivity contribution in [1.82, 2.24) is 0 Å². The molecule has 27 heavy (non-hydrogen) atoms. The topological polar surface area (TPSA) is 72.5 Å². The molecule has 1 atom stereocenters. The number of Topliss-reactive ketones (excluding diaryl/α,β-unsaturated/α-hetero) is 1. The molecule has 0 aliphatic rings. The first-order chi connectivity index (χ1) is 12.8. The molecule has 0 heterocycles. The van der Waals surface area contributed by atoms with Crippen LogP contribution in [-0.2, 0) is 14.3 Å². The molecular weight excluding hydrogens is 389 g/mol. The van der Waals surface area contributed by atoms with Gasteiger partial charge >= 0.3 is 5.97 Å². The smallest absolute Gasteiger partial charge is 0.331 e. The van der Waals surface area contributed by atoms with Crippen molar-refractivity contribution in [1.29, 1.82) is 0 Å². The van der Waals surface area contributed by atoms with Crippen molar-refractivity contribution in [3.63, 3.8) is 0 Å². The van der Waals surface area contributed by atoms with Gasteiger partial charge in [0.15, 0.2) is 11.9 Å². The standard InChI is InChI=1S/C20H17Cl2NO4/c1-12(24)15-4-3-5-17(10-15)23-20(26)13(2)27-19(25)9-7-14-6-8-16(21)11-18(14)22/h3-11,13H,1-2H3,(H,23,26)/b9-7+/t13-/m1/s1. The van der Waals surface area contributed by atoms with Crippen LogP contribution in [0.25, 0.3) is 6.08 Å². The third-order valence-electron chi connectivity index (χ3n) is 3.56. The van der Waals surface area contributed by atoms with E-state index in [9.17, 15) is 14.4 Å². The SMILES string of the molecule is CC(=O)c1cccc(NC(=O)[C@@H](C)OC(=O)/C=C/c2ccc(Cl)cc2Cl)c1. The van der Waals surface area contributed by atoms with E-state index in [1.54, 1.807) is 42.5 Å². The monoisotopic (exact) mass is 405 g/mol. The van der Waals surface area contributed by atoms with Gasteiger partial charge in [0.2, 0.25) is 0 Å². The van der Waals surface area contributed by atoms with Gasteiger partial charge in [-0.3, -0.25) is 9.59 Å². The van der Waals surface area contributed by atoms with E-state index in [2.05, 4.69) is 5.32 Å². The van der Waals surface area contributed by atoms with Crippen molar-refractivity contribution in [2.24, 2.45) is 0 Å². The summed E-state index contributed by atoms with van der Waals surface area (Å²) < 4.78 is 5.07. The zero-order valence-corrected chi connectivity index (χ0v) is 16.2. The highest BCUT2D eigenvalue weighted by atomic mass is 35.5. The number of nitrogens with one attached hydrogen (secondary N) is 1. The maximum Gasteiger partial charge on any atom is 0.331 e. The molecule has 2 aromatic rings. The van der Waals surface area contributed by atoms with Crippen LogP contribution in [0, 0.1) is 0 Å². The molecule has 0 unspecified atom stereocenters. The minimum Gasteiger partial charge on any atom is -0.449 e. The average Bonchev–Trinajstić information content (AvgIpc) is 2.61. The minimum absolute atomic E-state index is 0.114. The lowest BCUT2D eigenvalue weighted by molar-refractivity contribution is -0.148. The Morgan fingerprint density at radius 2 is 1.85 bits per heavy atom. The quantitative estimate of drug-likeness (QED) is 0.426. The number of ether oxygens (including phenoxy) is 1. The van der Waals surface area contributed by atoms with E-state index >= 15 is 0 Å². The molecule has 0 aromatic heterocycles. The number of anilines is 1. The normalized spacial score (nSPS) is 11.9. The average molecular weight is 406 g/mol. The Morgan fingerprint density at radius 1 is 1.11 bits per heavy atom. The predicted molar refractivity (Wildman–Crippen MR) is 106 cm³/mol. The number of hydrogen-bond donors (Lipinski definition) is 1. The van der Waals surface area contributed by atoms with Gasteiger partial charge in [-0.1, -0.05) is 41.4 Å². The van der Waals surface area contributed by atoms with Crippen molar-refractivity contribution < 1.29 is 19.1 Å². The van der Waals surface area contributed by atoms with Crippen LogP contribution in [0.1, 0.15) is 29.8 Å². The van der Waals surface area contributed by atoms with E-state index in [0.717, 1.165) is 0 Å². The van der Waals surface area contributed by atoms with E-state index < -0.39 is 18.0 Å². The molecule has 0 bridgehead atoms. The first-order valence-electron chi connectivity index (χ1n) is 8.02. The summed E-state index contributed by atoms with van der Waals surface area (Å²) in [5, 5.41) is 3.48. The molecule has 2 aromatic carbocycles. The second-order valence-corrected chi connectivity index (χ2v) is 6.55. The molecular formula is C20H17Cl2NO4. The van der Waals surface area contributed by atoms with E-state index in [1.807, 2.05) is 0 Å². The van der Waals surface area contributed by atoms with Crippen LogP contribution in [0.3, 0.4) is 0 Å². The van der Waals surface area contributed by atoms with Crippen molar-refractivity contribution in [3.05, 3.63) is 69.7 Å². The van der Waals surface area contributed by atoms with E-state index in [0.29, 0.717) is 26.9 Å². The lowest BCUT2D eigenvalue weighted by Gasteiger charge is -2.12. The molecule has 0 saturated heterocycles. The summed E-state index contributed by atoms with van der Waals surface area (Å²) in [6.45, 7) is 2.88. The molecule has 5 nitrogen and oxygen atoms in total. The number of rotatable bonds is 6. The largest absolute Gasteiger partial charge is 0.449 e. The molecule has 0 aliphatic carbocycles. The fourth-order valence-electron chi connectivity index (χ4n) is 2.12. The van der Waals surface area contributed by atoms with Crippen LogP contribution >= 0.6 is 23.2 Å². The van der Waals surface area contributed by atoms with Gasteiger partial charge in [-0.2, -0.15) is 0 Å². The number of carbonyl (C=O) groups is 3. The van der Waals surface area contributed by atoms with Crippen LogP contribution in [0.4, 0.5) is 5.69 Å². The number of amides is 1. The maximum atomic E-state index is 12.2. The Labute approximate surface area is 166 Å². The molecule has 7 heteroatoms. The molecule has 1 amide bonds. The fourth-order valence-corrected chi connectivity index (χ4v) is 2.59. The van der Waals surface area contributed by atoms with Gasteiger partial charge in [0.25, 0.3) is 5.91 Å². The second kappa shape index (κ2) is 9.35. The highest BCUT2D eigenvalue weighted by molar-refractivity contribution is 6.35. The van der Waals surface area contributed by atoms with Crippen LogP contribution in [0.5, 0.6) is 0 Å². The molecule has 0 spiro atoms. The number of carbonyl (C=O) groups excluding carboxylic acids is 3. The predicted octanol–water partition coefficient (Wildman–Crippen LogP) is 4.78. The molecule has 0 saturated carbocycles. The van der Waals surface area contributed by atoms with Crippen molar-refractivity contribution in [2.45, 2.75) is 20.0 Å². The Kier molecular flexibility index (Phi) is 7.16. The molecule has 1 N–H and O–H groups in total. The summed E-state index contributed by atoms with van der Waals surface area (Å²) in [6, 6.07) is 11.4. The first-order valence-corrected chi connectivity index (χ1v) is 8.77. The summed E-state index contributed by atoms with van der Waals surface area (Å²) in [5.74, 6) is -1.32. The number of benzene rings is 2. The summed E-state index contributed by atoms with van der Waals surface area (Å²) in [4.78, 5) is 35.5. The Morgan fingerprint density at radius 3 is 2.52 bits per heavy atom. The number of hydrogen-bond acceptors (Lipinski definition) is 4. The minimum atomic E-state index is -1.02. The van der Waals surface area contributed by atoms with Crippen LogP contribution in [0.2, 0.25) is 10.0 Å². The highest BCUT2D eigenvalue weighted by Crippen LogP contribution is 2.22. The third kappa shape index (κ3) is 6.24. The van der Waals surface area contributed by atoms with Gasteiger partial charge < -0.3 is 10.1 Å². The Bertz CT molecular complexity index is 909. The zero-order valence-electron chi connectivity index (χ0n) is 14.7. The van der Waals surface area contributed by atoms with Gasteiger partial charge in [0, 0.05) is 27.4 Å². The van der Waals surface area contributed by atoms with Crippen molar-refractivity contribution in [3.8, 4) is 0 Å². The first kappa shape index (κ1) is 20.7. The van der Waals surface area contributed by atoms with Gasteiger partial charge in [0.05, 0.1) is 0 Å². The zero-order chi connectivity index (χ0) is 20.0. The summed E-state index contributed by atoms with van der Waals surface area (Å²) in [7, 11) is 0. The number of halogens is 2. The Hall–Kier alpha value is -2.63. The summed E-state index contributed by atoms with van der Waals surface area (Å²) in [5.41, 5.74) is 1.51. The molecule has 0 aliphatic heterocycles. The van der Waals surface area contributed by atoms with E-state index in [1.165, 1.54) is 26.0 Å². The maximum absolute atomic E-state index is 12.2. The lowest BCUT2D eigenvalue weighted by atomic mass is 10.1. The van der Waals surface area contributed by atoms with Gasteiger partial charge in [-0.25, -0.2) is 4.79 Å². The highest BCUT2D eigenvalue weighted by Gasteiger charge is 2.17. The lowest BCUT2D eigenvalue weighted by Crippen LogP contribution is -2.29. The van der Waals surface area contributed by atoms with Gasteiger partial charge in [-0.15, -0.1) is 0 Å². The molecule has 140 valence electrons. The van der Waals surface area contributed by atoms with Crippen LogP contribution in [-0.4, -0.2) is 23.8 Å². The van der Waals surface area contributed by atoms with E-state index in [4.69, 9.17) is 27.9 Å². The van der Waals surface area contributed by atoms with Gasteiger partial charge in [-0.05, 0) is 49.8 Å². The van der Waals surface area contributed by atoms with Crippen molar-refractivity contribution in [2.75, 3.05) is 5.32 Å². The molecule has 0 fully saturated rings. The van der Waals surface area contributed by atoms with E-state index in [-0.39, 0.29) is 5.78 Å². The fraction of sp³-hybridized carbons (Fsp3) is 0.150. The summed E-state index contributed by atoms with van der Waals surface area (Å²) >= 11 is 11.8. The number of ketones is 1. The molecule has 0 radical (unpaired) electrons. The van der Waals surface area contributed by atoms with Crippen molar-refractivity contribution >= 4 is 52.6 Å². The van der Waals surface area contributed by atoms with Crippen LogP contribution in [0.15, 0.2) is 48.5 Å². The van der Waals surface area contributed by atoms with Gasteiger partial charge in [0.1, 0.15) is 0 Å².